The van der Waals surface area contributed by atoms with Crippen LogP contribution in [-0.2, 0) is 41.7 Å². The van der Waals surface area contributed by atoms with Crippen molar-refractivity contribution in [3.05, 3.63) is 60.2 Å². The Hall–Kier alpha value is -1.39. The average Bonchev–Trinajstić information content (AvgIpc) is 2.70. The molecule has 2 rings (SSSR count). The number of thioether (sulfide) groups is 2. The van der Waals surface area contributed by atoms with Crippen molar-refractivity contribution >= 4 is 70.0 Å². The van der Waals surface area contributed by atoms with E-state index in [9.17, 15) is 0 Å². The summed E-state index contributed by atoms with van der Waals surface area (Å²) in [6.07, 6.45) is 10.3. The van der Waals surface area contributed by atoms with Gasteiger partial charge in [-0.3, -0.25) is 9.97 Å². The number of pyridine rings is 2. The molecule has 0 fully saturated rings. The predicted octanol–water partition coefficient (Wildman–Crippen LogP) is 3.36. The van der Waals surface area contributed by atoms with E-state index in [2.05, 4.69) is 30.4 Å². The summed E-state index contributed by atoms with van der Waals surface area (Å²) in [5.41, 5.74) is 1.55. The zero-order valence-corrected chi connectivity index (χ0v) is 18.7. The van der Waals surface area contributed by atoms with Gasteiger partial charge in [-0.25, -0.2) is 0 Å². The normalized spacial score (nSPS) is 11.8. The summed E-state index contributed by atoms with van der Waals surface area (Å²) in [5, 5.41) is 15.1. The number of hydrogen-bond acceptors (Lipinski definition) is 10. The van der Waals surface area contributed by atoms with Gasteiger partial charge in [0.05, 0.1) is 23.8 Å². The second kappa shape index (κ2) is 16.8. The molecule has 0 N–H and O–H groups in total. The van der Waals surface area contributed by atoms with Gasteiger partial charge in [0.25, 0.3) is 0 Å². The summed E-state index contributed by atoms with van der Waals surface area (Å²) < 4.78 is 1.04. The van der Waals surface area contributed by atoms with E-state index in [0.29, 0.717) is 8.75 Å². The SMILES string of the molecule is CSC([S-])=NN=Cc1ccccn1.CSC([S-])=NN=Cc1ccccn1.[Ni+2]. The first-order valence-corrected chi connectivity index (χ1v) is 10.4. The van der Waals surface area contributed by atoms with E-state index in [1.54, 1.807) is 24.8 Å². The molecule has 0 unspecified atom stereocenters. The van der Waals surface area contributed by atoms with Gasteiger partial charge in [0, 0.05) is 12.4 Å². The monoisotopic (exact) mass is 478 g/mol. The molecule has 11 heteroatoms. The Morgan fingerprint density at radius 2 is 1.22 bits per heavy atom. The maximum atomic E-state index is 4.83. The van der Waals surface area contributed by atoms with Crippen LogP contribution in [-0.4, -0.2) is 43.7 Å². The Morgan fingerprint density at radius 3 is 1.52 bits per heavy atom. The minimum atomic E-state index is 0. The van der Waals surface area contributed by atoms with Crippen molar-refractivity contribution in [2.24, 2.45) is 20.4 Å². The van der Waals surface area contributed by atoms with Gasteiger partial charge < -0.3 is 25.3 Å². The zero-order valence-electron chi connectivity index (χ0n) is 14.4. The number of rotatable bonds is 4. The van der Waals surface area contributed by atoms with Crippen LogP contribution in [0.3, 0.4) is 0 Å². The summed E-state index contributed by atoms with van der Waals surface area (Å²) in [7, 11) is 0. The molecular weight excluding hydrogens is 463 g/mol. The van der Waals surface area contributed by atoms with Crippen LogP contribution in [0.1, 0.15) is 11.4 Å². The van der Waals surface area contributed by atoms with Crippen LogP contribution in [0.2, 0.25) is 0 Å². The third-order valence-corrected chi connectivity index (χ3v) is 4.41. The molecule has 0 amide bonds. The molecule has 0 saturated heterocycles. The second-order valence-corrected chi connectivity index (χ2v) is 7.02. The largest absolute Gasteiger partial charge is 2.00 e. The van der Waals surface area contributed by atoms with E-state index in [1.807, 2.05) is 48.9 Å². The van der Waals surface area contributed by atoms with Crippen LogP contribution in [0.25, 0.3) is 0 Å². The molecule has 6 nitrogen and oxygen atoms in total. The summed E-state index contributed by atoms with van der Waals surface area (Å²) in [4.78, 5) is 8.08. The van der Waals surface area contributed by atoms with E-state index in [0.717, 1.165) is 11.4 Å². The van der Waals surface area contributed by atoms with Crippen LogP contribution in [0.4, 0.5) is 0 Å². The van der Waals surface area contributed by atoms with Crippen molar-refractivity contribution in [3.8, 4) is 0 Å². The summed E-state index contributed by atoms with van der Waals surface area (Å²) in [6, 6.07) is 11.2. The first-order valence-electron chi connectivity index (χ1n) is 7.11. The Balaban J connectivity index is 0.000000483. The van der Waals surface area contributed by atoms with E-state index >= 15 is 0 Å². The van der Waals surface area contributed by atoms with Gasteiger partial charge in [-0.2, -0.15) is 20.4 Å². The molecule has 0 aliphatic heterocycles. The Morgan fingerprint density at radius 1 is 0.815 bits per heavy atom. The van der Waals surface area contributed by atoms with Crippen LogP contribution in [0.15, 0.2) is 69.2 Å². The molecule has 0 aromatic carbocycles. The van der Waals surface area contributed by atoms with Gasteiger partial charge in [0.15, 0.2) is 0 Å². The van der Waals surface area contributed by atoms with E-state index in [-0.39, 0.29) is 16.5 Å². The van der Waals surface area contributed by atoms with Crippen LogP contribution < -0.4 is 0 Å². The minimum Gasteiger partial charge on any atom is -0.752 e. The summed E-state index contributed by atoms with van der Waals surface area (Å²) in [6.45, 7) is 0. The first kappa shape index (κ1) is 25.6. The second-order valence-electron chi connectivity index (χ2n) is 4.14. The van der Waals surface area contributed by atoms with Crippen LogP contribution in [0, 0.1) is 0 Å². The minimum absolute atomic E-state index is 0. The molecular formula is C16H16N6NiS4. The fourth-order valence-electron chi connectivity index (χ4n) is 1.26. The molecule has 0 spiro atoms. The molecule has 0 bridgehead atoms. The third kappa shape index (κ3) is 13.4. The van der Waals surface area contributed by atoms with Crippen molar-refractivity contribution < 1.29 is 16.5 Å². The van der Waals surface area contributed by atoms with Gasteiger partial charge >= 0.3 is 16.5 Å². The average molecular weight is 479 g/mol. The molecule has 0 saturated carbocycles. The van der Waals surface area contributed by atoms with E-state index in [4.69, 9.17) is 25.3 Å². The first-order chi connectivity index (χ1) is 12.7. The molecule has 0 atom stereocenters. The molecule has 2 heterocycles. The molecule has 2 aromatic heterocycles. The van der Waals surface area contributed by atoms with Crippen molar-refractivity contribution in [1.82, 2.24) is 9.97 Å². The van der Waals surface area contributed by atoms with Crippen molar-refractivity contribution in [2.75, 3.05) is 12.5 Å². The standard InChI is InChI=1S/2C8H9N3S2.Ni/c2*1-13-8(12)11-10-6-7-4-2-3-5-9-7;/h2*2-6H,1H3,(H,11,12);/q;;+2/p-2. The van der Waals surface area contributed by atoms with E-state index < -0.39 is 0 Å². The van der Waals surface area contributed by atoms with Crippen LogP contribution in [0.5, 0.6) is 0 Å². The molecule has 144 valence electrons. The Bertz CT molecular complexity index is 689. The maximum Gasteiger partial charge on any atom is 2.00 e. The quantitative estimate of drug-likeness (QED) is 0.220. The topological polar surface area (TPSA) is 75.2 Å². The van der Waals surface area contributed by atoms with Crippen LogP contribution >= 0.6 is 23.5 Å². The predicted molar refractivity (Wildman–Crippen MR) is 120 cm³/mol. The van der Waals surface area contributed by atoms with Gasteiger partial charge in [-0.05, 0) is 45.5 Å². The summed E-state index contributed by atoms with van der Waals surface area (Å²) in [5.74, 6) is 0. The van der Waals surface area contributed by atoms with Gasteiger partial charge in [0.2, 0.25) is 0 Å². The zero-order chi connectivity index (χ0) is 19.0. The van der Waals surface area contributed by atoms with Crippen molar-refractivity contribution in [1.29, 1.82) is 0 Å². The smallest absolute Gasteiger partial charge is 0.752 e. The summed E-state index contributed by atoms with van der Waals surface area (Å²) >= 11 is 12.4. The Kier molecular flexibility index (Phi) is 15.9. The molecule has 0 aliphatic rings. The number of aromatic nitrogens is 2. The fraction of sp³-hybridized carbons (Fsp3) is 0.125. The molecule has 27 heavy (non-hydrogen) atoms. The number of nitrogens with zero attached hydrogens (tertiary/aromatic N) is 6. The molecule has 0 radical (unpaired) electrons. The third-order valence-electron chi connectivity index (χ3n) is 2.38. The molecule has 0 aliphatic carbocycles. The van der Waals surface area contributed by atoms with Gasteiger partial charge in [-0.15, -0.1) is 23.5 Å². The maximum absolute atomic E-state index is 4.83. The van der Waals surface area contributed by atoms with Gasteiger partial charge in [-0.1, -0.05) is 12.1 Å². The van der Waals surface area contributed by atoms with E-state index in [1.165, 1.54) is 23.5 Å². The fourth-order valence-corrected chi connectivity index (χ4v) is 1.61. The van der Waals surface area contributed by atoms with Crippen molar-refractivity contribution in [2.45, 2.75) is 0 Å². The van der Waals surface area contributed by atoms with Crippen molar-refractivity contribution in [3.63, 3.8) is 0 Å². The number of hydrogen-bond donors (Lipinski definition) is 0. The van der Waals surface area contributed by atoms with Gasteiger partial charge in [0.1, 0.15) is 0 Å². The molecule has 2 aromatic rings. The Labute approximate surface area is 188 Å².